The number of hydrogen-bond acceptors (Lipinski definition) is 7. The first-order valence-electron chi connectivity index (χ1n) is 8.67. The second kappa shape index (κ2) is 10.3. The van der Waals surface area contributed by atoms with Crippen molar-refractivity contribution in [2.75, 3.05) is 20.3 Å². The van der Waals surface area contributed by atoms with Gasteiger partial charge < -0.3 is 19.3 Å². The summed E-state index contributed by atoms with van der Waals surface area (Å²) in [6, 6.07) is 4.22. The van der Waals surface area contributed by atoms with Crippen LogP contribution in [0.25, 0.3) is 0 Å². The SMILES string of the molecule is COCC(=O)OCCc1cc(Oc2ccc(C(F)(F)F)cc2Cl)cc(C(=O)O)c1[N+](=O)[O-]. The minimum absolute atomic E-state index is 0.141. The number of alkyl halides is 3. The number of aromatic carboxylic acids is 1. The van der Waals surface area contributed by atoms with Gasteiger partial charge >= 0.3 is 18.1 Å². The van der Waals surface area contributed by atoms with Gasteiger partial charge in [-0.2, -0.15) is 13.2 Å². The fourth-order valence-electron chi connectivity index (χ4n) is 2.61. The van der Waals surface area contributed by atoms with Crippen LogP contribution in [0.5, 0.6) is 11.5 Å². The molecule has 172 valence electrons. The Morgan fingerprint density at radius 2 is 1.91 bits per heavy atom. The summed E-state index contributed by atoms with van der Waals surface area (Å²) in [5.74, 6) is -2.84. The average molecular weight is 478 g/mol. The Morgan fingerprint density at radius 1 is 1.22 bits per heavy atom. The number of nitrogens with zero attached hydrogens (tertiary/aromatic N) is 1. The molecule has 0 heterocycles. The van der Waals surface area contributed by atoms with Crippen molar-refractivity contribution in [2.24, 2.45) is 0 Å². The number of carboxylic acid groups (broad SMARTS) is 1. The molecule has 0 amide bonds. The summed E-state index contributed by atoms with van der Waals surface area (Å²) in [6.45, 7) is -0.676. The molecule has 13 heteroatoms. The molecule has 0 saturated heterocycles. The standard InChI is InChI=1S/C19H15ClF3NO8/c1-30-9-16(25)31-5-4-10-6-12(8-13(18(26)27)17(10)24(28)29)32-15-3-2-11(7-14(15)20)19(21,22)23/h2-3,6-8H,4-5,9H2,1H3,(H,26,27). The number of benzene rings is 2. The molecule has 0 unspecified atom stereocenters. The molecule has 1 N–H and O–H groups in total. The lowest BCUT2D eigenvalue weighted by Gasteiger charge is -2.13. The van der Waals surface area contributed by atoms with Crippen LogP contribution < -0.4 is 4.74 Å². The predicted molar refractivity (Wildman–Crippen MR) is 103 cm³/mol. The van der Waals surface area contributed by atoms with E-state index in [1.807, 2.05) is 0 Å². The molecule has 0 spiro atoms. The lowest BCUT2D eigenvalue weighted by Crippen LogP contribution is -2.14. The van der Waals surface area contributed by atoms with E-state index in [0.29, 0.717) is 12.1 Å². The molecule has 2 aromatic carbocycles. The molecule has 0 bridgehead atoms. The minimum atomic E-state index is -4.64. The highest BCUT2D eigenvalue weighted by Gasteiger charge is 2.31. The average Bonchev–Trinajstić information content (AvgIpc) is 2.68. The van der Waals surface area contributed by atoms with E-state index in [2.05, 4.69) is 4.74 Å². The van der Waals surface area contributed by atoms with Crippen molar-refractivity contribution in [2.45, 2.75) is 12.6 Å². The molecule has 32 heavy (non-hydrogen) atoms. The lowest BCUT2D eigenvalue weighted by atomic mass is 10.0. The Balaban J connectivity index is 2.41. The third kappa shape index (κ3) is 6.31. The summed E-state index contributed by atoms with van der Waals surface area (Å²) in [7, 11) is 1.26. The molecule has 0 saturated carbocycles. The zero-order chi connectivity index (χ0) is 24.1. The van der Waals surface area contributed by atoms with Crippen LogP contribution in [0.15, 0.2) is 30.3 Å². The van der Waals surface area contributed by atoms with E-state index in [9.17, 15) is 38.0 Å². The number of methoxy groups -OCH3 is 1. The molecule has 0 atom stereocenters. The predicted octanol–water partition coefficient (Wildman–Crippen LogP) is 4.49. The summed E-state index contributed by atoms with van der Waals surface area (Å²) in [6.07, 6.45) is -4.89. The lowest BCUT2D eigenvalue weighted by molar-refractivity contribution is -0.385. The zero-order valence-electron chi connectivity index (χ0n) is 16.3. The summed E-state index contributed by atoms with van der Waals surface area (Å²) >= 11 is 5.84. The van der Waals surface area contributed by atoms with E-state index in [4.69, 9.17) is 21.1 Å². The molecular weight excluding hydrogens is 463 g/mol. The van der Waals surface area contributed by atoms with Gasteiger partial charge in [-0.15, -0.1) is 0 Å². The zero-order valence-corrected chi connectivity index (χ0v) is 17.0. The first-order valence-corrected chi connectivity index (χ1v) is 9.05. The molecule has 0 aromatic heterocycles. The first-order chi connectivity index (χ1) is 14.9. The van der Waals surface area contributed by atoms with Crippen molar-refractivity contribution in [1.82, 2.24) is 0 Å². The Hall–Kier alpha value is -3.38. The van der Waals surface area contributed by atoms with E-state index >= 15 is 0 Å². The van der Waals surface area contributed by atoms with Crippen molar-refractivity contribution < 1.29 is 47.0 Å². The number of carbonyl (C=O) groups excluding carboxylic acids is 1. The number of nitro benzene ring substituents is 1. The summed E-state index contributed by atoms with van der Waals surface area (Å²) in [5.41, 5.74) is -2.64. The van der Waals surface area contributed by atoms with Gasteiger partial charge in [-0.25, -0.2) is 9.59 Å². The van der Waals surface area contributed by atoms with E-state index in [0.717, 1.165) is 18.2 Å². The Bertz CT molecular complexity index is 1040. The molecule has 2 aromatic rings. The number of carbonyl (C=O) groups is 2. The van der Waals surface area contributed by atoms with Crippen LogP contribution in [0.2, 0.25) is 5.02 Å². The van der Waals surface area contributed by atoms with E-state index in [1.165, 1.54) is 7.11 Å². The fraction of sp³-hybridized carbons (Fsp3) is 0.263. The van der Waals surface area contributed by atoms with Crippen LogP contribution in [-0.4, -0.2) is 42.3 Å². The Morgan fingerprint density at radius 3 is 2.44 bits per heavy atom. The molecule has 0 fully saturated rings. The highest BCUT2D eigenvalue weighted by atomic mass is 35.5. The van der Waals surface area contributed by atoms with E-state index in [-0.39, 0.29) is 36.7 Å². The number of rotatable bonds is 9. The third-order valence-electron chi connectivity index (χ3n) is 3.96. The van der Waals surface area contributed by atoms with Gasteiger partial charge in [0.1, 0.15) is 23.7 Å². The van der Waals surface area contributed by atoms with Crippen molar-refractivity contribution in [3.8, 4) is 11.5 Å². The van der Waals surface area contributed by atoms with Crippen molar-refractivity contribution in [3.05, 3.63) is 62.2 Å². The smallest absolute Gasteiger partial charge is 0.416 e. The summed E-state index contributed by atoms with van der Waals surface area (Å²) < 4.78 is 53.2. The van der Waals surface area contributed by atoms with Crippen LogP contribution in [0.1, 0.15) is 21.5 Å². The van der Waals surface area contributed by atoms with E-state index < -0.39 is 44.9 Å². The van der Waals surface area contributed by atoms with Gasteiger partial charge in [0.25, 0.3) is 5.69 Å². The summed E-state index contributed by atoms with van der Waals surface area (Å²) in [4.78, 5) is 33.5. The van der Waals surface area contributed by atoms with Gasteiger partial charge in [-0.1, -0.05) is 11.6 Å². The molecule has 0 aliphatic rings. The number of nitro groups is 1. The second-order valence-corrected chi connectivity index (χ2v) is 6.60. The van der Waals surface area contributed by atoms with Crippen molar-refractivity contribution >= 4 is 29.2 Å². The van der Waals surface area contributed by atoms with Crippen LogP contribution in [0, 0.1) is 10.1 Å². The molecule has 2 rings (SSSR count). The van der Waals surface area contributed by atoms with Gasteiger partial charge in [-0.3, -0.25) is 10.1 Å². The van der Waals surface area contributed by atoms with Gasteiger partial charge in [0.05, 0.1) is 22.1 Å². The normalized spacial score (nSPS) is 11.2. The monoisotopic (exact) mass is 477 g/mol. The molecule has 9 nitrogen and oxygen atoms in total. The Kier molecular flexibility index (Phi) is 8.00. The maximum Gasteiger partial charge on any atom is 0.416 e. The number of carboxylic acids is 1. The van der Waals surface area contributed by atoms with Crippen LogP contribution in [0.4, 0.5) is 18.9 Å². The second-order valence-electron chi connectivity index (χ2n) is 6.19. The van der Waals surface area contributed by atoms with Gasteiger partial charge in [-0.05, 0) is 24.3 Å². The highest BCUT2D eigenvalue weighted by molar-refractivity contribution is 6.32. The Labute approximate surface area is 183 Å². The van der Waals surface area contributed by atoms with Crippen molar-refractivity contribution in [1.29, 1.82) is 0 Å². The maximum absolute atomic E-state index is 12.8. The third-order valence-corrected chi connectivity index (χ3v) is 4.25. The molecular formula is C19H15ClF3NO8. The number of esters is 1. The number of hydrogen-bond donors (Lipinski definition) is 1. The highest BCUT2D eigenvalue weighted by Crippen LogP contribution is 2.38. The fourth-order valence-corrected chi connectivity index (χ4v) is 2.83. The van der Waals surface area contributed by atoms with Crippen LogP contribution in [-0.2, 0) is 26.9 Å². The van der Waals surface area contributed by atoms with Gasteiger partial charge in [0.15, 0.2) is 0 Å². The van der Waals surface area contributed by atoms with Crippen LogP contribution in [0.3, 0.4) is 0 Å². The minimum Gasteiger partial charge on any atom is -0.477 e. The number of ether oxygens (including phenoxy) is 3. The van der Waals surface area contributed by atoms with Gasteiger partial charge in [0, 0.05) is 25.2 Å². The van der Waals surface area contributed by atoms with E-state index in [1.54, 1.807) is 0 Å². The molecule has 0 aliphatic carbocycles. The molecule has 0 aliphatic heterocycles. The maximum atomic E-state index is 12.8. The van der Waals surface area contributed by atoms with Gasteiger partial charge in [0.2, 0.25) is 0 Å². The number of halogens is 4. The largest absolute Gasteiger partial charge is 0.477 e. The quantitative estimate of drug-likeness (QED) is 0.318. The molecule has 0 radical (unpaired) electrons. The summed E-state index contributed by atoms with van der Waals surface area (Å²) in [5, 5.41) is 20.4. The van der Waals surface area contributed by atoms with Crippen LogP contribution >= 0.6 is 11.6 Å². The first kappa shape index (κ1) is 24.9. The van der Waals surface area contributed by atoms with Crippen molar-refractivity contribution in [3.63, 3.8) is 0 Å². The topological polar surface area (TPSA) is 125 Å².